The molecule has 23 heavy (non-hydrogen) atoms. The van der Waals surface area contributed by atoms with Gasteiger partial charge in [0.15, 0.2) is 0 Å². The van der Waals surface area contributed by atoms with Crippen LogP contribution in [0.5, 0.6) is 0 Å². The molecule has 124 valence electrons. The lowest BCUT2D eigenvalue weighted by molar-refractivity contribution is -0.117. The van der Waals surface area contributed by atoms with E-state index in [1.165, 1.54) is 12.8 Å². The summed E-state index contributed by atoms with van der Waals surface area (Å²) in [6, 6.07) is 7.56. The second kappa shape index (κ2) is 7.39. The number of anilines is 1. The zero-order valence-corrected chi connectivity index (χ0v) is 14.5. The minimum Gasteiger partial charge on any atom is -0.338 e. The van der Waals surface area contributed by atoms with E-state index in [1.807, 2.05) is 40.9 Å². The van der Waals surface area contributed by atoms with Gasteiger partial charge in [-0.1, -0.05) is 12.5 Å². The van der Waals surface area contributed by atoms with Crippen molar-refractivity contribution in [2.45, 2.75) is 37.4 Å². The lowest BCUT2D eigenvalue weighted by atomic mass is 10.1. The van der Waals surface area contributed by atoms with Crippen molar-refractivity contribution in [2.75, 3.05) is 30.8 Å². The van der Waals surface area contributed by atoms with E-state index in [4.69, 9.17) is 0 Å². The molecule has 0 spiro atoms. The van der Waals surface area contributed by atoms with Crippen LogP contribution in [0.25, 0.3) is 0 Å². The molecule has 2 saturated heterocycles. The van der Waals surface area contributed by atoms with Gasteiger partial charge in [0.2, 0.25) is 5.91 Å². The van der Waals surface area contributed by atoms with Crippen LogP contribution in [0.4, 0.5) is 5.69 Å². The van der Waals surface area contributed by atoms with Gasteiger partial charge in [-0.05, 0) is 43.7 Å². The van der Waals surface area contributed by atoms with Crippen LogP contribution in [-0.4, -0.2) is 47.9 Å². The smallest absolute Gasteiger partial charge is 0.253 e. The minimum absolute atomic E-state index is 0.0967. The highest BCUT2D eigenvalue weighted by Gasteiger charge is 2.25. The van der Waals surface area contributed by atoms with Crippen LogP contribution in [0, 0.1) is 0 Å². The number of benzene rings is 1. The Labute approximate surface area is 142 Å². The number of likely N-dealkylation sites (tertiary alicyclic amines) is 1. The fraction of sp³-hybridized carbons (Fsp3) is 0.556. The molecule has 0 aliphatic carbocycles. The van der Waals surface area contributed by atoms with Crippen LogP contribution >= 0.6 is 11.8 Å². The molecule has 0 radical (unpaired) electrons. The van der Waals surface area contributed by atoms with Gasteiger partial charge in [-0.15, -0.1) is 0 Å². The first-order chi connectivity index (χ1) is 11.2. The van der Waals surface area contributed by atoms with Crippen molar-refractivity contribution in [2.24, 2.45) is 0 Å². The number of hydrogen-bond donors (Lipinski definition) is 0. The summed E-state index contributed by atoms with van der Waals surface area (Å²) in [4.78, 5) is 28.6. The zero-order valence-electron chi connectivity index (χ0n) is 13.7. The predicted molar refractivity (Wildman–Crippen MR) is 95.1 cm³/mol. The van der Waals surface area contributed by atoms with E-state index in [9.17, 15) is 9.59 Å². The lowest BCUT2D eigenvalue weighted by Gasteiger charge is -2.24. The molecule has 0 N–H and O–H groups in total. The third kappa shape index (κ3) is 3.71. The van der Waals surface area contributed by atoms with Crippen LogP contribution in [0.3, 0.4) is 0 Å². The number of rotatable bonds is 3. The largest absolute Gasteiger partial charge is 0.338 e. The maximum Gasteiger partial charge on any atom is 0.253 e. The minimum atomic E-state index is 0.0967. The molecular weight excluding hydrogens is 308 g/mol. The highest BCUT2D eigenvalue weighted by Crippen LogP contribution is 2.25. The first kappa shape index (κ1) is 16.4. The number of thioether (sulfide) groups is 1. The molecule has 2 amide bonds. The normalized spacial score (nSPS) is 22.3. The van der Waals surface area contributed by atoms with Crippen LogP contribution < -0.4 is 4.90 Å². The molecule has 0 unspecified atom stereocenters. The fourth-order valence-corrected chi connectivity index (χ4v) is 4.12. The average Bonchev–Trinajstić information content (AvgIpc) is 2.86. The fourth-order valence-electron chi connectivity index (χ4n) is 3.39. The van der Waals surface area contributed by atoms with E-state index in [-0.39, 0.29) is 11.8 Å². The number of amides is 2. The number of carbonyl (C=O) groups excluding carboxylic acids is 2. The second-order valence-electron chi connectivity index (χ2n) is 6.30. The predicted octanol–water partition coefficient (Wildman–Crippen LogP) is 3.17. The van der Waals surface area contributed by atoms with Crippen molar-refractivity contribution in [3.8, 4) is 0 Å². The average molecular weight is 332 g/mol. The number of carbonyl (C=O) groups is 2. The van der Waals surface area contributed by atoms with Gasteiger partial charge in [0.05, 0.1) is 0 Å². The van der Waals surface area contributed by atoms with Crippen molar-refractivity contribution in [3.63, 3.8) is 0 Å². The van der Waals surface area contributed by atoms with Crippen LogP contribution in [0.1, 0.15) is 42.5 Å². The Hall–Kier alpha value is -1.49. The zero-order chi connectivity index (χ0) is 16.2. The van der Waals surface area contributed by atoms with E-state index < -0.39 is 0 Å². The summed E-state index contributed by atoms with van der Waals surface area (Å²) in [7, 11) is 0. The standard InChI is InChI=1S/C18H24N2O2S/c1-23-16-8-2-3-10-19(13-16)18(22)14-6-4-7-15(12-14)20-11-5-9-17(20)21/h4,6-7,12,16H,2-3,5,8-11,13H2,1H3/t16-/m0/s1. The van der Waals surface area contributed by atoms with Gasteiger partial charge < -0.3 is 9.80 Å². The molecule has 3 rings (SSSR count). The number of nitrogens with zero attached hydrogens (tertiary/aromatic N) is 2. The molecule has 2 fully saturated rings. The van der Waals surface area contributed by atoms with Gasteiger partial charge in [0, 0.05) is 42.6 Å². The first-order valence-corrected chi connectivity index (χ1v) is 9.70. The van der Waals surface area contributed by atoms with E-state index in [0.717, 1.165) is 38.2 Å². The summed E-state index contributed by atoms with van der Waals surface area (Å²) in [6.45, 7) is 2.42. The Morgan fingerprint density at radius 3 is 2.83 bits per heavy atom. The van der Waals surface area contributed by atoms with E-state index >= 15 is 0 Å². The SMILES string of the molecule is CS[C@H]1CCCCN(C(=O)c2cccc(N3CCCC3=O)c2)C1. The summed E-state index contributed by atoms with van der Waals surface area (Å²) in [6.07, 6.45) is 7.09. The molecule has 2 aliphatic heterocycles. The Morgan fingerprint density at radius 1 is 1.22 bits per heavy atom. The molecular formula is C18H24N2O2S. The Balaban J connectivity index is 1.77. The molecule has 1 atom stereocenters. The maximum absolute atomic E-state index is 12.9. The van der Waals surface area contributed by atoms with Gasteiger partial charge in [-0.3, -0.25) is 9.59 Å². The summed E-state index contributed by atoms with van der Waals surface area (Å²) < 4.78 is 0. The Bertz CT molecular complexity index is 590. The Morgan fingerprint density at radius 2 is 2.09 bits per heavy atom. The summed E-state index contributed by atoms with van der Waals surface area (Å²) in [5, 5.41) is 0.532. The van der Waals surface area contributed by atoms with E-state index in [2.05, 4.69) is 6.26 Å². The van der Waals surface area contributed by atoms with Crippen LogP contribution in [-0.2, 0) is 4.79 Å². The van der Waals surface area contributed by atoms with Crippen molar-refractivity contribution >= 4 is 29.3 Å². The maximum atomic E-state index is 12.9. The van der Waals surface area contributed by atoms with Crippen molar-refractivity contribution in [1.29, 1.82) is 0 Å². The molecule has 1 aromatic carbocycles. The quantitative estimate of drug-likeness (QED) is 0.853. The molecule has 1 aromatic rings. The van der Waals surface area contributed by atoms with Crippen molar-refractivity contribution in [3.05, 3.63) is 29.8 Å². The molecule has 0 bridgehead atoms. The summed E-state index contributed by atoms with van der Waals surface area (Å²) in [5.74, 6) is 0.256. The molecule has 4 nitrogen and oxygen atoms in total. The number of hydrogen-bond acceptors (Lipinski definition) is 3. The van der Waals surface area contributed by atoms with E-state index in [1.54, 1.807) is 4.90 Å². The van der Waals surface area contributed by atoms with Crippen LogP contribution in [0.15, 0.2) is 24.3 Å². The van der Waals surface area contributed by atoms with Gasteiger partial charge in [-0.2, -0.15) is 11.8 Å². The van der Waals surface area contributed by atoms with Crippen molar-refractivity contribution < 1.29 is 9.59 Å². The molecule has 0 aromatic heterocycles. The molecule has 5 heteroatoms. The highest BCUT2D eigenvalue weighted by molar-refractivity contribution is 7.99. The topological polar surface area (TPSA) is 40.6 Å². The lowest BCUT2D eigenvalue weighted by Crippen LogP contribution is -2.35. The van der Waals surface area contributed by atoms with Gasteiger partial charge in [0.25, 0.3) is 5.91 Å². The highest BCUT2D eigenvalue weighted by atomic mass is 32.2. The molecule has 0 saturated carbocycles. The summed E-state index contributed by atoms with van der Waals surface area (Å²) in [5.41, 5.74) is 1.55. The molecule has 2 aliphatic rings. The first-order valence-electron chi connectivity index (χ1n) is 8.41. The third-order valence-electron chi connectivity index (χ3n) is 4.73. The third-order valence-corrected chi connectivity index (χ3v) is 5.78. The van der Waals surface area contributed by atoms with Crippen LogP contribution in [0.2, 0.25) is 0 Å². The summed E-state index contributed by atoms with van der Waals surface area (Å²) >= 11 is 1.85. The van der Waals surface area contributed by atoms with Crippen molar-refractivity contribution in [1.82, 2.24) is 4.90 Å². The molecule has 2 heterocycles. The van der Waals surface area contributed by atoms with E-state index in [0.29, 0.717) is 17.2 Å². The second-order valence-corrected chi connectivity index (χ2v) is 7.44. The monoisotopic (exact) mass is 332 g/mol. The Kier molecular flexibility index (Phi) is 5.26. The van der Waals surface area contributed by atoms with Gasteiger partial charge in [-0.25, -0.2) is 0 Å². The van der Waals surface area contributed by atoms with Gasteiger partial charge in [0.1, 0.15) is 0 Å². The van der Waals surface area contributed by atoms with Gasteiger partial charge >= 0.3 is 0 Å².